The summed E-state index contributed by atoms with van der Waals surface area (Å²) in [6.45, 7) is 11.3. The predicted molar refractivity (Wildman–Crippen MR) is 70.2 cm³/mol. The van der Waals surface area contributed by atoms with Gasteiger partial charge >= 0.3 is 102 Å². The van der Waals surface area contributed by atoms with Crippen molar-refractivity contribution in [2.45, 2.75) is 56.1 Å². The summed E-state index contributed by atoms with van der Waals surface area (Å²) >= 11 is -2.16. The molecule has 1 aliphatic carbocycles. The van der Waals surface area contributed by atoms with E-state index in [9.17, 15) is 4.79 Å². The second kappa shape index (κ2) is 3.50. The first-order valence-corrected chi connectivity index (χ1v) is 13.5. The molecule has 0 amide bonds. The monoisotopic (exact) mass is 288 g/mol. The van der Waals surface area contributed by atoms with E-state index in [1.165, 1.54) is 0 Å². The molecule has 0 saturated heterocycles. The molecule has 0 aliphatic heterocycles. The van der Waals surface area contributed by atoms with Crippen molar-refractivity contribution in [3.8, 4) is 0 Å². The number of ether oxygens (including phenoxy) is 1. The second-order valence-electron chi connectivity index (χ2n) is 6.97. The Morgan fingerprint density at radius 3 is 1.62 bits per heavy atom. The molecule has 1 fully saturated rings. The van der Waals surface area contributed by atoms with Gasteiger partial charge in [-0.2, -0.15) is 0 Å². The van der Waals surface area contributed by atoms with Crippen LogP contribution in [0.15, 0.2) is 0 Å². The molecule has 16 heavy (non-hydrogen) atoms. The van der Waals surface area contributed by atoms with E-state index in [1.54, 1.807) is 0 Å². The van der Waals surface area contributed by atoms with Crippen LogP contribution in [0.25, 0.3) is 0 Å². The number of rotatable bonds is 3. The van der Waals surface area contributed by atoms with Crippen molar-refractivity contribution in [1.29, 1.82) is 0 Å². The fourth-order valence-corrected chi connectivity index (χ4v) is 14.7. The summed E-state index contributed by atoms with van der Waals surface area (Å²) in [5.74, 6) is 7.03. The van der Waals surface area contributed by atoms with Crippen molar-refractivity contribution < 1.29 is 9.53 Å². The second-order valence-corrected chi connectivity index (χ2v) is 18.0. The van der Waals surface area contributed by atoms with E-state index in [-0.39, 0.29) is 21.0 Å². The molecule has 0 spiro atoms. The van der Waals surface area contributed by atoms with Crippen molar-refractivity contribution in [3.05, 3.63) is 0 Å². The maximum absolute atomic E-state index is 12.4. The molecule has 1 aliphatic rings. The topological polar surface area (TPSA) is 26.3 Å². The fourth-order valence-electron chi connectivity index (χ4n) is 4.24. The average molecular weight is 287 g/mol. The fraction of sp³-hybridized carbons (Fsp3) is 0.923. The first-order chi connectivity index (χ1) is 6.98. The van der Waals surface area contributed by atoms with Crippen LogP contribution in [0.1, 0.15) is 34.6 Å². The number of carbonyl (C=O) groups excluding carboxylic acids is 1. The van der Waals surface area contributed by atoms with Gasteiger partial charge in [0.05, 0.1) is 0 Å². The Balaban J connectivity index is 3.26. The van der Waals surface area contributed by atoms with Crippen LogP contribution in [0.5, 0.6) is 0 Å². The van der Waals surface area contributed by atoms with E-state index in [0.717, 1.165) is 0 Å². The Hall–Kier alpha value is 0.0129. The summed E-state index contributed by atoms with van der Waals surface area (Å²) < 4.78 is 5.19. The Morgan fingerprint density at radius 1 is 1.06 bits per heavy atom. The summed E-state index contributed by atoms with van der Waals surface area (Å²) in [5, 5.41) is 0. The number of carbonyl (C=O) groups is 1. The van der Waals surface area contributed by atoms with E-state index >= 15 is 0 Å². The Morgan fingerprint density at radius 2 is 1.44 bits per heavy atom. The van der Waals surface area contributed by atoms with Gasteiger partial charge in [0.2, 0.25) is 0 Å². The Labute approximate surface area is 102 Å². The van der Waals surface area contributed by atoms with Crippen LogP contribution in [0.3, 0.4) is 0 Å². The van der Waals surface area contributed by atoms with Crippen LogP contribution in [0.2, 0.25) is 21.5 Å². The Kier molecular flexibility index (Phi) is 3.08. The SMILES string of the molecule is CCOC(=O)[C]1([Ge]([CH3])([CH3])[CH3])C(C)(C)C1(C)C. The van der Waals surface area contributed by atoms with Crippen LogP contribution in [0, 0.1) is 10.8 Å². The molecule has 0 radical (unpaired) electrons. The van der Waals surface area contributed by atoms with Gasteiger partial charge in [-0.1, -0.05) is 0 Å². The quantitative estimate of drug-likeness (QED) is 0.584. The van der Waals surface area contributed by atoms with Gasteiger partial charge in [0.25, 0.3) is 0 Å². The number of hydrogen-bond acceptors (Lipinski definition) is 2. The zero-order valence-corrected chi connectivity index (χ0v) is 14.1. The summed E-state index contributed by atoms with van der Waals surface area (Å²) in [5.41, 5.74) is 0.148. The molecular weight excluding hydrogens is 261 g/mol. The third-order valence-corrected chi connectivity index (χ3v) is 12.9. The van der Waals surface area contributed by atoms with Gasteiger partial charge < -0.3 is 0 Å². The minimum absolute atomic E-state index is 0.0532. The van der Waals surface area contributed by atoms with E-state index < -0.39 is 13.3 Å². The molecule has 1 saturated carbocycles. The van der Waals surface area contributed by atoms with Gasteiger partial charge in [-0.25, -0.2) is 0 Å². The van der Waals surface area contributed by atoms with Crippen LogP contribution in [-0.2, 0) is 9.53 Å². The van der Waals surface area contributed by atoms with Crippen molar-refractivity contribution in [1.82, 2.24) is 0 Å². The van der Waals surface area contributed by atoms with E-state index in [1.807, 2.05) is 6.92 Å². The molecule has 0 N–H and O–H groups in total. The number of esters is 1. The average Bonchev–Trinajstić information content (AvgIpc) is 2.37. The van der Waals surface area contributed by atoms with Crippen molar-refractivity contribution >= 4 is 19.2 Å². The van der Waals surface area contributed by atoms with Gasteiger partial charge in [0.15, 0.2) is 0 Å². The molecule has 0 aromatic carbocycles. The van der Waals surface area contributed by atoms with E-state index in [2.05, 4.69) is 45.0 Å². The maximum atomic E-state index is 12.4. The number of hydrogen-bond donors (Lipinski definition) is 0. The molecule has 0 unspecified atom stereocenters. The van der Waals surface area contributed by atoms with Gasteiger partial charge in [-0.05, 0) is 0 Å². The van der Waals surface area contributed by atoms with Gasteiger partial charge in [0, 0.05) is 0 Å². The van der Waals surface area contributed by atoms with Gasteiger partial charge in [-0.3, -0.25) is 0 Å². The minimum atomic E-state index is -2.16. The van der Waals surface area contributed by atoms with Crippen LogP contribution < -0.4 is 0 Å². The van der Waals surface area contributed by atoms with Gasteiger partial charge in [-0.15, -0.1) is 0 Å². The van der Waals surface area contributed by atoms with Crippen molar-refractivity contribution in [2.24, 2.45) is 10.8 Å². The van der Waals surface area contributed by atoms with Crippen molar-refractivity contribution in [2.75, 3.05) is 6.61 Å². The molecular formula is C13H26GeO2. The molecule has 0 atom stereocenters. The van der Waals surface area contributed by atoms with Crippen molar-refractivity contribution in [3.63, 3.8) is 0 Å². The van der Waals surface area contributed by atoms with E-state index in [4.69, 9.17) is 4.74 Å². The van der Waals surface area contributed by atoms with Gasteiger partial charge in [0.1, 0.15) is 0 Å². The first-order valence-electron chi connectivity index (χ1n) is 6.15. The van der Waals surface area contributed by atoms with Crippen LogP contribution in [-0.4, -0.2) is 25.8 Å². The third kappa shape index (κ3) is 1.28. The molecule has 94 valence electrons. The van der Waals surface area contributed by atoms with Crippen LogP contribution >= 0.6 is 0 Å². The normalized spacial score (nSPS) is 25.0. The molecule has 3 heteroatoms. The molecule has 2 nitrogen and oxygen atoms in total. The zero-order chi connectivity index (χ0) is 13.0. The third-order valence-electron chi connectivity index (χ3n) is 5.08. The summed E-state index contributed by atoms with van der Waals surface area (Å²) in [6, 6.07) is 0. The standard InChI is InChI=1S/C13H26GeO2/c1-9-16-10(15)13(14(6,7)8)11(2,3)12(13,4)5/h9H2,1-8H3. The Bertz CT molecular complexity index is 296. The van der Waals surface area contributed by atoms with Crippen LogP contribution in [0.4, 0.5) is 0 Å². The van der Waals surface area contributed by atoms with E-state index in [0.29, 0.717) is 6.61 Å². The molecule has 0 aromatic rings. The zero-order valence-electron chi connectivity index (χ0n) is 12.0. The predicted octanol–water partition coefficient (Wildman–Crippen LogP) is 3.69. The molecule has 1 rings (SSSR count). The summed E-state index contributed by atoms with van der Waals surface area (Å²) in [6.07, 6.45) is 0. The molecule has 0 heterocycles. The first kappa shape index (κ1) is 14.1. The summed E-state index contributed by atoms with van der Waals surface area (Å²) in [7, 11) is 0. The molecule has 0 aromatic heterocycles. The molecule has 0 bridgehead atoms. The summed E-state index contributed by atoms with van der Waals surface area (Å²) in [4.78, 5) is 12.4.